The molecule has 0 spiro atoms. The van der Waals surface area contributed by atoms with Gasteiger partial charge in [0.05, 0.1) is 11.4 Å². The molecule has 1 heterocycles. The van der Waals surface area contributed by atoms with Crippen molar-refractivity contribution in [3.63, 3.8) is 0 Å². The maximum absolute atomic E-state index is 13.5. The average Bonchev–Trinajstić information content (AvgIpc) is 3.32. The first-order chi connectivity index (χ1) is 17.9. The molecule has 0 aliphatic rings. The summed E-state index contributed by atoms with van der Waals surface area (Å²) in [4.78, 5) is 28.0. The summed E-state index contributed by atoms with van der Waals surface area (Å²) in [5.41, 5.74) is 2.54. The monoisotopic (exact) mass is 518 g/mol. The molecule has 37 heavy (non-hydrogen) atoms. The summed E-state index contributed by atoms with van der Waals surface area (Å²) in [5, 5.41) is 8.01. The second kappa shape index (κ2) is 12.3. The van der Waals surface area contributed by atoms with Gasteiger partial charge in [0, 0.05) is 28.8 Å². The van der Waals surface area contributed by atoms with E-state index in [4.69, 9.17) is 11.6 Å². The van der Waals surface area contributed by atoms with Crippen molar-refractivity contribution >= 4 is 29.2 Å². The number of nitrogens with one attached hydrogen (secondary N) is 1. The summed E-state index contributed by atoms with van der Waals surface area (Å²) >= 11 is 6.09. The molecule has 1 aromatic heterocycles. The van der Waals surface area contributed by atoms with Gasteiger partial charge < -0.3 is 10.2 Å². The van der Waals surface area contributed by atoms with E-state index in [1.807, 2.05) is 30.3 Å². The lowest BCUT2D eigenvalue weighted by atomic mass is 10.1. The van der Waals surface area contributed by atoms with Crippen LogP contribution in [0, 0.1) is 5.82 Å². The number of hydrogen-bond donors (Lipinski definition) is 1. The molecule has 0 saturated carbocycles. The zero-order valence-electron chi connectivity index (χ0n) is 20.5. The second-order valence-corrected chi connectivity index (χ2v) is 9.10. The van der Waals surface area contributed by atoms with Crippen LogP contribution in [-0.2, 0) is 4.79 Å². The van der Waals surface area contributed by atoms with Crippen molar-refractivity contribution in [1.82, 2.24) is 14.7 Å². The highest BCUT2D eigenvalue weighted by atomic mass is 35.5. The van der Waals surface area contributed by atoms with Crippen LogP contribution in [0.5, 0.6) is 0 Å². The summed E-state index contributed by atoms with van der Waals surface area (Å²) in [6.45, 7) is 2.39. The van der Waals surface area contributed by atoms with Crippen molar-refractivity contribution in [2.75, 3.05) is 18.4 Å². The van der Waals surface area contributed by atoms with E-state index in [-0.39, 0.29) is 24.2 Å². The maximum atomic E-state index is 13.5. The number of unbranched alkanes of at least 4 members (excludes halogenated alkanes) is 2. The number of rotatable bonds is 10. The van der Waals surface area contributed by atoms with Crippen molar-refractivity contribution in [3.05, 3.63) is 101 Å². The molecule has 0 aliphatic heterocycles. The Morgan fingerprint density at radius 1 is 0.973 bits per heavy atom. The fraction of sp³-hybridized carbons (Fsp3) is 0.207. The van der Waals surface area contributed by atoms with Gasteiger partial charge in [-0.3, -0.25) is 9.59 Å². The number of hydrogen-bond acceptors (Lipinski definition) is 3. The van der Waals surface area contributed by atoms with Crippen LogP contribution in [0.3, 0.4) is 0 Å². The third-order valence-corrected chi connectivity index (χ3v) is 6.08. The van der Waals surface area contributed by atoms with Gasteiger partial charge in [0.25, 0.3) is 5.91 Å². The Hall–Kier alpha value is -3.97. The highest BCUT2D eigenvalue weighted by Gasteiger charge is 2.21. The van der Waals surface area contributed by atoms with Crippen molar-refractivity contribution in [1.29, 1.82) is 0 Å². The van der Waals surface area contributed by atoms with E-state index in [1.165, 1.54) is 17.0 Å². The lowest BCUT2D eigenvalue weighted by Crippen LogP contribution is -2.39. The van der Waals surface area contributed by atoms with Crippen molar-refractivity contribution < 1.29 is 14.0 Å². The Morgan fingerprint density at radius 3 is 2.43 bits per heavy atom. The second-order valence-electron chi connectivity index (χ2n) is 8.66. The molecule has 4 rings (SSSR count). The molecule has 2 amide bonds. The molecule has 0 bridgehead atoms. The zero-order valence-corrected chi connectivity index (χ0v) is 21.3. The van der Waals surface area contributed by atoms with E-state index in [0.29, 0.717) is 34.3 Å². The molecule has 0 unspecified atom stereocenters. The SMILES string of the molecule is CCCCCN(CC(=O)Nc1cc(-c2ccccc2)nn1-c1ccc(F)cc1)C(=O)c1cccc(Cl)c1. The third-order valence-electron chi connectivity index (χ3n) is 5.84. The van der Waals surface area contributed by atoms with E-state index in [9.17, 15) is 14.0 Å². The van der Waals surface area contributed by atoms with Gasteiger partial charge in [-0.25, -0.2) is 9.07 Å². The van der Waals surface area contributed by atoms with Gasteiger partial charge in [0.1, 0.15) is 18.2 Å². The molecule has 0 atom stereocenters. The molecule has 0 radical (unpaired) electrons. The van der Waals surface area contributed by atoms with E-state index < -0.39 is 0 Å². The first kappa shape index (κ1) is 26.1. The number of halogens is 2. The molecular weight excluding hydrogens is 491 g/mol. The zero-order chi connectivity index (χ0) is 26.2. The van der Waals surface area contributed by atoms with Crippen LogP contribution < -0.4 is 5.32 Å². The Bertz CT molecular complexity index is 1360. The van der Waals surface area contributed by atoms with E-state index in [0.717, 1.165) is 24.8 Å². The van der Waals surface area contributed by atoms with Gasteiger partial charge in [0.2, 0.25) is 5.91 Å². The first-order valence-corrected chi connectivity index (χ1v) is 12.6. The molecule has 0 fully saturated rings. The molecule has 6 nitrogen and oxygen atoms in total. The lowest BCUT2D eigenvalue weighted by molar-refractivity contribution is -0.117. The predicted octanol–water partition coefficient (Wildman–Crippen LogP) is 6.60. The molecule has 190 valence electrons. The van der Waals surface area contributed by atoms with Crippen molar-refractivity contribution in [2.45, 2.75) is 26.2 Å². The number of anilines is 1. The van der Waals surface area contributed by atoms with Crippen LogP contribution in [0.1, 0.15) is 36.5 Å². The molecule has 0 saturated heterocycles. The van der Waals surface area contributed by atoms with E-state index in [1.54, 1.807) is 47.1 Å². The van der Waals surface area contributed by atoms with Gasteiger partial charge in [-0.2, -0.15) is 5.10 Å². The number of amides is 2. The van der Waals surface area contributed by atoms with Gasteiger partial charge in [0.15, 0.2) is 0 Å². The van der Waals surface area contributed by atoms with Gasteiger partial charge in [-0.1, -0.05) is 67.8 Å². The van der Waals surface area contributed by atoms with Gasteiger partial charge in [-0.15, -0.1) is 0 Å². The van der Waals surface area contributed by atoms with E-state index >= 15 is 0 Å². The lowest BCUT2D eigenvalue weighted by Gasteiger charge is -2.22. The highest BCUT2D eigenvalue weighted by molar-refractivity contribution is 6.31. The molecule has 4 aromatic rings. The Labute approximate surface area is 220 Å². The van der Waals surface area contributed by atoms with Crippen LogP contribution in [0.2, 0.25) is 5.02 Å². The third kappa shape index (κ3) is 6.83. The summed E-state index contributed by atoms with van der Waals surface area (Å²) in [6, 6.07) is 23.9. The predicted molar refractivity (Wildman–Crippen MR) is 144 cm³/mol. The minimum atomic E-state index is -0.368. The van der Waals surface area contributed by atoms with Crippen LogP contribution in [0.4, 0.5) is 10.2 Å². The van der Waals surface area contributed by atoms with Crippen molar-refractivity contribution in [3.8, 4) is 16.9 Å². The summed E-state index contributed by atoms with van der Waals surface area (Å²) in [5.74, 6) is -0.577. The smallest absolute Gasteiger partial charge is 0.254 e. The number of aromatic nitrogens is 2. The largest absolute Gasteiger partial charge is 0.329 e. The maximum Gasteiger partial charge on any atom is 0.254 e. The molecule has 8 heteroatoms. The number of carbonyl (C=O) groups excluding carboxylic acids is 2. The quantitative estimate of drug-likeness (QED) is 0.240. The van der Waals surface area contributed by atoms with Gasteiger partial charge >= 0.3 is 0 Å². The van der Waals surface area contributed by atoms with E-state index in [2.05, 4.69) is 17.3 Å². The summed E-state index contributed by atoms with van der Waals surface area (Å²) < 4.78 is 15.1. The number of carbonyl (C=O) groups is 2. The standard InChI is InChI=1S/C29H28ClFN4O2/c1-2-3-7-17-34(29(37)22-11-8-12-23(30)18-22)20-28(36)32-27-19-26(21-9-5-4-6-10-21)33-35(27)25-15-13-24(31)14-16-25/h4-6,8-16,18-19H,2-3,7,17,20H2,1H3,(H,32,36). The fourth-order valence-corrected chi connectivity index (χ4v) is 4.15. The Kier molecular flexibility index (Phi) is 8.69. The van der Waals surface area contributed by atoms with Crippen LogP contribution in [-0.4, -0.2) is 39.6 Å². The normalized spacial score (nSPS) is 10.8. The van der Waals surface area contributed by atoms with Crippen molar-refractivity contribution in [2.24, 2.45) is 0 Å². The van der Waals surface area contributed by atoms with Crippen LogP contribution in [0.25, 0.3) is 16.9 Å². The number of nitrogens with zero attached hydrogens (tertiary/aromatic N) is 3. The van der Waals surface area contributed by atoms with Crippen LogP contribution >= 0.6 is 11.6 Å². The topological polar surface area (TPSA) is 67.2 Å². The summed E-state index contributed by atoms with van der Waals surface area (Å²) in [6.07, 6.45) is 2.71. The van der Waals surface area contributed by atoms with Gasteiger partial charge in [-0.05, 0) is 48.9 Å². The molecular formula is C29H28ClFN4O2. The molecule has 3 aromatic carbocycles. The Balaban J connectivity index is 1.59. The molecule has 0 aliphatic carbocycles. The minimum absolute atomic E-state index is 0.135. The fourth-order valence-electron chi connectivity index (χ4n) is 3.96. The van der Waals surface area contributed by atoms with Crippen LogP contribution in [0.15, 0.2) is 84.9 Å². The summed E-state index contributed by atoms with van der Waals surface area (Å²) in [7, 11) is 0. The average molecular weight is 519 g/mol. The number of benzene rings is 3. The Morgan fingerprint density at radius 2 is 1.73 bits per heavy atom. The molecule has 1 N–H and O–H groups in total. The highest BCUT2D eigenvalue weighted by Crippen LogP contribution is 2.25. The first-order valence-electron chi connectivity index (χ1n) is 12.2. The minimum Gasteiger partial charge on any atom is -0.329 e.